The normalized spacial score (nSPS) is 18.3. The molecule has 1 aliphatic heterocycles. The number of likely N-dealkylation sites (tertiary alicyclic amines) is 1. The van der Waals surface area contributed by atoms with Crippen molar-refractivity contribution in [2.24, 2.45) is 0 Å². The van der Waals surface area contributed by atoms with Crippen molar-refractivity contribution in [2.75, 3.05) is 25.0 Å². The number of hydrogen-bond donors (Lipinski definition) is 1. The van der Waals surface area contributed by atoms with Crippen LogP contribution in [-0.2, 0) is 0 Å². The van der Waals surface area contributed by atoms with E-state index in [0.29, 0.717) is 6.04 Å². The highest BCUT2D eigenvalue weighted by Gasteiger charge is 2.16. The minimum absolute atomic E-state index is 0.543. The summed E-state index contributed by atoms with van der Waals surface area (Å²) < 4.78 is 1.89. The molecule has 108 valence electrons. The van der Waals surface area contributed by atoms with Crippen LogP contribution in [0.25, 0.3) is 5.52 Å². The predicted molar refractivity (Wildman–Crippen MR) is 81.1 cm³/mol. The molecule has 1 fully saturated rings. The van der Waals surface area contributed by atoms with Gasteiger partial charge in [0, 0.05) is 25.0 Å². The number of fused-ring (bicyclic) bond motifs is 1. The number of aryl methyl sites for hydroxylation is 1. The van der Waals surface area contributed by atoms with Gasteiger partial charge in [0.25, 0.3) is 0 Å². The lowest BCUT2D eigenvalue weighted by atomic mass is 10.1. The summed E-state index contributed by atoms with van der Waals surface area (Å²) in [6.45, 7) is 7.68. The van der Waals surface area contributed by atoms with Crippen LogP contribution in [0.15, 0.2) is 18.5 Å². The van der Waals surface area contributed by atoms with Crippen LogP contribution in [0.4, 0.5) is 5.82 Å². The van der Waals surface area contributed by atoms with Gasteiger partial charge in [-0.1, -0.05) is 6.42 Å². The third kappa shape index (κ3) is 2.77. The molecule has 3 heterocycles. The van der Waals surface area contributed by atoms with Crippen LogP contribution in [0.3, 0.4) is 0 Å². The van der Waals surface area contributed by atoms with Gasteiger partial charge in [0.1, 0.15) is 5.52 Å². The standard InChI is InChI=1S/C15H23N5/c1-12-10-14-15(16-6-9-20(14)18-12)17-11-13(2)19-7-4-3-5-8-19/h6,9-10,13H,3-5,7-8,11H2,1-2H3,(H,16,17). The molecule has 0 aromatic carbocycles. The second kappa shape index (κ2) is 5.79. The first-order chi connectivity index (χ1) is 9.74. The maximum absolute atomic E-state index is 4.45. The van der Waals surface area contributed by atoms with Crippen molar-refractivity contribution in [1.29, 1.82) is 0 Å². The van der Waals surface area contributed by atoms with Crippen LogP contribution in [-0.4, -0.2) is 45.2 Å². The SMILES string of the molecule is Cc1cc2c(NCC(C)N3CCCCC3)nccn2n1. The van der Waals surface area contributed by atoms with Crippen molar-refractivity contribution in [1.82, 2.24) is 19.5 Å². The molecule has 0 saturated carbocycles. The Morgan fingerprint density at radius 1 is 1.30 bits per heavy atom. The van der Waals surface area contributed by atoms with Crippen LogP contribution >= 0.6 is 0 Å². The van der Waals surface area contributed by atoms with Crippen molar-refractivity contribution in [2.45, 2.75) is 39.2 Å². The van der Waals surface area contributed by atoms with Gasteiger partial charge in [0.2, 0.25) is 0 Å². The highest BCUT2D eigenvalue weighted by atomic mass is 15.2. The monoisotopic (exact) mass is 273 g/mol. The van der Waals surface area contributed by atoms with Gasteiger partial charge in [-0.05, 0) is 45.8 Å². The van der Waals surface area contributed by atoms with E-state index >= 15 is 0 Å². The van der Waals surface area contributed by atoms with Crippen LogP contribution in [0, 0.1) is 6.92 Å². The van der Waals surface area contributed by atoms with Crippen LogP contribution in [0.2, 0.25) is 0 Å². The lowest BCUT2D eigenvalue weighted by Crippen LogP contribution is -2.41. The number of piperidine rings is 1. The number of nitrogens with one attached hydrogen (secondary N) is 1. The number of hydrogen-bond acceptors (Lipinski definition) is 4. The molecule has 5 heteroatoms. The van der Waals surface area contributed by atoms with E-state index in [1.807, 2.05) is 17.6 Å². The van der Waals surface area contributed by atoms with Crippen LogP contribution in [0.1, 0.15) is 31.9 Å². The highest BCUT2D eigenvalue weighted by molar-refractivity contribution is 5.67. The average Bonchev–Trinajstić information content (AvgIpc) is 2.86. The van der Waals surface area contributed by atoms with Gasteiger partial charge in [-0.3, -0.25) is 4.90 Å². The van der Waals surface area contributed by atoms with E-state index in [4.69, 9.17) is 0 Å². The van der Waals surface area contributed by atoms with Gasteiger partial charge in [-0.15, -0.1) is 0 Å². The molecule has 1 atom stereocenters. The average molecular weight is 273 g/mol. The van der Waals surface area contributed by atoms with Gasteiger partial charge < -0.3 is 5.32 Å². The molecule has 1 unspecified atom stereocenters. The van der Waals surface area contributed by atoms with Crippen molar-refractivity contribution in [3.05, 3.63) is 24.2 Å². The van der Waals surface area contributed by atoms with E-state index in [1.165, 1.54) is 32.4 Å². The molecule has 1 N–H and O–H groups in total. The molecule has 0 bridgehead atoms. The fraction of sp³-hybridized carbons (Fsp3) is 0.600. The Morgan fingerprint density at radius 2 is 2.10 bits per heavy atom. The van der Waals surface area contributed by atoms with E-state index in [-0.39, 0.29) is 0 Å². The van der Waals surface area contributed by atoms with Gasteiger partial charge in [0.15, 0.2) is 5.82 Å². The molecule has 0 aliphatic carbocycles. The van der Waals surface area contributed by atoms with E-state index in [2.05, 4.69) is 33.3 Å². The van der Waals surface area contributed by atoms with Gasteiger partial charge in [0.05, 0.1) is 5.69 Å². The predicted octanol–water partition coefficient (Wildman–Crippen LogP) is 2.32. The number of nitrogens with zero attached hydrogens (tertiary/aromatic N) is 4. The molecule has 0 spiro atoms. The lowest BCUT2D eigenvalue weighted by molar-refractivity contribution is 0.180. The summed E-state index contributed by atoms with van der Waals surface area (Å²) in [5, 5.41) is 7.90. The Balaban J connectivity index is 1.67. The summed E-state index contributed by atoms with van der Waals surface area (Å²) >= 11 is 0. The Morgan fingerprint density at radius 3 is 2.90 bits per heavy atom. The van der Waals surface area contributed by atoms with E-state index < -0.39 is 0 Å². The fourth-order valence-electron chi connectivity index (χ4n) is 2.91. The molecule has 3 rings (SSSR count). The maximum Gasteiger partial charge on any atom is 0.152 e. The van der Waals surface area contributed by atoms with Crippen molar-refractivity contribution >= 4 is 11.3 Å². The summed E-state index contributed by atoms with van der Waals surface area (Å²) in [7, 11) is 0. The molecule has 5 nitrogen and oxygen atoms in total. The number of anilines is 1. The van der Waals surface area contributed by atoms with Crippen LogP contribution in [0.5, 0.6) is 0 Å². The summed E-state index contributed by atoms with van der Waals surface area (Å²) in [5.41, 5.74) is 2.07. The summed E-state index contributed by atoms with van der Waals surface area (Å²) in [5.74, 6) is 0.928. The molecule has 1 saturated heterocycles. The van der Waals surface area contributed by atoms with E-state index in [1.54, 1.807) is 6.20 Å². The second-order valence-electron chi connectivity index (χ2n) is 5.72. The van der Waals surface area contributed by atoms with Crippen LogP contribution < -0.4 is 5.32 Å². The molecule has 0 amide bonds. The Hall–Kier alpha value is -1.62. The molecule has 2 aromatic rings. The Bertz CT molecular complexity index is 571. The zero-order valence-electron chi connectivity index (χ0n) is 12.3. The van der Waals surface area contributed by atoms with E-state index in [9.17, 15) is 0 Å². The fourth-order valence-corrected chi connectivity index (χ4v) is 2.91. The molecular weight excluding hydrogens is 250 g/mol. The topological polar surface area (TPSA) is 45.5 Å². The third-order valence-corrected chi connectivity index (χ3v) is 4.09. The third-order valence-electron chi connectivity index (χ3n) is 4.09. The first-order valence-electron chi connectivity index (χ1n) is 7.53. The summed E-state index contributed by atoms with van der Waals surface area (Å²) in [6, 6.07) is 2.61. The first-order valence-corrected chi connectivity index (χ1v) is 7.53. The first kappa shape index (κ1) is 13.4. The zero-order chi connectivity index (χ0) is 13.9. The molecule has 1 aliphatic rings. The Kier molecular flexibility index (Phi) is 3.87. The van der Waals surface area contributed by atoms with Crippen molar-refractivity contribution in [3.63, 3.8) is 0 Å². The molecule has 0 radical (unpaired) electrons. The molecule has 2 aromatic heterocycles. The Labute approximate surface area is 120 Å². The molecule has 20 heavy (non-hydrogen) atoms. The van der Waals surface area contributed by atoms with Gasteiger partial charge in [-0.2, -0.15) is 5.10 Å². The largest absolute Gasteiger partial charge is 0.367 e. The van der Waals surface area contributed by atoms with Crippen molar-refractivity contribution < 1.29 is 0 Å². The van der Waals surface area contributed by atoms with Gasteiger partial charge in [-0.25, -0.2) is 9.50 Å². The minimum atomic E-state index is 0.543. The van der Waals surface area contributed by atoms with Gasteiger partial charge >= 0.3 is 0 Å². The number of aromatic nitrogens is 3. The molecular formula is C15H23N5. The maximum atomic E-state index is 4.45. The summed E-state index contributed by atoms with van der Waals surface area (Å²) in [6.07, 6.45) is 7.74. The minimum Gasteiger partial charge on any atom is -0.367 e. The zero-order valence-corrected chi connectivity index (χ0v) is 12.3. The highest BCUT2D eigenvalue weighted by Crippen LogP contribution is 2.16. The smallest absolute Gasteiger partial charge is 0.152 e. The summed E-state index contributed by atoms with van der Waals surface area (Å²) in [4.78, 5) is 7.01. The lowest BCUT2D eigenvalue weighted by Gasteiger charge is -2.32. The van der Waals surface area contributed by atoms with Crippen molar-refractivity contribution in [3.8, 4) is 0 Å². The quantitative estimate of drug-likeness (QED) is 0.928. The van der Waals surface area contributed by atoms with E-state index in [0.717, 1.165) is 23.6 Å². The second-order valence-corrected chi connectivity index (χ2v) is 5.72. The number of rotatable bonds is 4.